The Hall–Kier alpha value is -1.69. The SMILES string of the molecule is Cn1ccc(C(=O)NC(C(N)=S)C2CC2)cc1=O. The molecule has 1 heterocycles. The molecule has 2 rings (SSSR count). The fourth-order valence-electron chi connectivity index (χ4n) is 1.77. The summed E-state index contributed by atoms with van der Waals surface area (Å²) in [5.74, 6) is 0.0374. The van der Waals surface area contributed by atoms with Crippen molar-refractivity contribution in [2.45, 2.75) is 18.9 Å². The van der Waals surface area contributed by atoms with Crippen LogP contribution in [-0.4, -0.2) is 21.5 Å². The highest BCUT2D eigenvalue weighted by atomic mass is 32.1. The summed E-state index contributed by atoms with van der Waals surface area (Å²) in [5, 5.41) is 2.79. The first-order valence-electron chi connectivity index (χ1n) is 5.76. The summed E-state index contributed by atoms with van der Waals surface area (Å²) in [4.78, 5) is 23.7. The van der Waals surface area contributed by atoms with E-state index in [9.17, 15) is 9.59 Å². The van der Waals surface area contributed by atoms with Crippen LogP contribution in [-0.2, 0) is 7.05 Å². The quantitative estimate of drug-likeness (QED) is 0.761. The zero-order valence-corrected chi connectivity index (χ0v) is 10.9. The number of nitrogens with two attached hydrogens (primary N) is 1. The molecule has 6 heteroatoms. The fraction of sp³-hybridized carbons (Fsp3) is 0.417. The number of carbonyl (C=O) groups excluding carboxylic acids is 1. The second-order valence-corrected chi connectivity index (χ2v) is 5.03. The fourth-order valence-corrected chi connectivity index (χ4v) is 2.02. The highest BCUT2D eigenvalue weighted by Crippen LogP contribution is 2.32. The summed E-state index contributed by atoms with van der Waals surface area (Å²) in [6.45, 7) is 0. The molecule has 1 aromatic rings. The van der Waals surface area contributed by atoms with Gasteiger partial charge in [-0.15, -0.1) is 0 Å². The molecule has 5 nitrogen and oxygen atoms in total. The van der Waals surface area contributed by atoms with Crippen LogP contribution in [0.1, 0.15) is 23.2 Å². The topological polar surface area (TPSA) is 77.1 Å². The molecule has 3 N–H and O–H groups in total. The Balaban J connectivity index is 2.13. The summed E-state index contributed by atoms with van der Waals surface area (Å²) in [6, 6.07) is 2.63. The minimum absolute atomic E-state index is 0.221. The van der Waals surface area contributed by atoms with E-state index < -0.39 is 0 Å². The van der Waals surface area contributed by atoms with Gasteiger partial charge >= 0.3 is 0 Å². The molecule has 1 unspecified atom stereocenters. The molecule has 0 saturated heterocycles. The number of hydrogen-bond donors (Lipinski definition) is 2. The lowest BCUT2D eigenvalue weighted by molar-refractivity contribution is 0.0943. The molecule has 1 aliphatic carbocycles. The first kappa shape index (κ1) is 12.8. The van der Waals surface area contributed by atoms with Crippen LogP contribution in [0, 0.1) is 5.92 Å². The van der Waals surface area contributed by atoms with Gasteiger partial charge in [0, 0.05) is 24.9 Å². The standard InChI is InChI=1S/C12H15N3O2S/c1-15-5-4-8(6-9(15)16)12(17)14-10(11(13)18)7-2-3-7/h4-7,10H,2-3H2,1H3,(H2,13,18)(H,14,17). The van der Waals surface area contributed by atoms with Gasteiger partial charge in [0.1, 0.15) is 0 Å². The van der Waals surface area contributed by atoms with E-state index >= 15 is 0 Å². The van der Waals surface area contributed by atoms with Crippen LogP contribution in [0.15, 0.2) is 23.1 Å². The number of aromatic nitrogens is 1. The average Bonchev–Trinajstić information content (AvgIpc) is 3.13. The van der Waals surface area contributed by atoms with Gasteiger partial charge in [-0.1, -0.05) is 12.2 Å². The lowest BCUT2D eigenvalue weighted by Gasteiger charge is -2.16. The van der Waals surface area contributed by atoms with E-state index in [1.807, 2.05) is 0 Å². The number of amides is 1. The van der Waals surface area contributed by atoms with Crippen molar-refractivity contribution < 1.29 is 4.79 Å². The Morgan fingerprint density at radius 3 is 2.78 bits per heavy atom. The van der Waals surface area contributed by atoms with Crippen LogP contribution < -0.4 is 16.6 Å². The molecule has 1 saturated carbocycles. The van der Waals surface area contributed by atoms with Crippen molar-refractivity contribution in [3.8, 4) is 0 Å². The third kappa shape index (κ3) is 2.76. The first-order valence-corrected chi connectivity index (χ1v) is 6.16. The molecular formula is C12H15N3O2S. The second kappa shape index (κ2) is 4.89. The molecule has 1 atom stereocenters. The van der Waals surface area contributed by atoms with Crippen LogP contribution in [0.5, 0.6) is 0 Å². The summed E-state index contributed by atoms with van der Waals surface area (Å²) in [6.07, 6.45) is 3.61. The summed E-state index contributed by atoms with van der Waals surface area (Å²) in [7, 11) is 1.63. The molecule has 1 aliphatic rings. The van der Waals surface area contributed by atoms with Crippen molar-refractivity contribution in [3.63, 3.8) is 0 Å². The molecule has 1 amide bonds. The Kier molecular flexibility index (Phi) is 3.47. The predicted octanol–water partition coefficient (Wildman–Crippen LogP) is 0.180. The average molecular weight is 265 g/mol. The number of thiocarbonyl (C=S) groups is 1. The predicted molar refractivity (Wildman–Crippen MR) is 72.4 cm³/mol. The molecular weight excluding hydrogens is 250 g/mol. The molecule has 96 valence electrons. The van der Waals surface area contributed by atoms with Crippen LogP contribution in [0.25, 0.3) is 0 Å². The van der Waals surface area contributed by atoms with Crippen molar-refractivity contribution in [2.75, 3.05) is 0 Å². The molecule has 0 spiro atoms. The van der Waals surface area contributed by atoms with E-state index in [-0.39, 0.29) is 17.5 Å². The van der Waals surface area contributed by atoms with Crippen LogP contribution in [0.4, 0.5) is 0 Å². The van der Waals surface area contributed by atoms with Crippen molar-refractivity contribution in [2.24, 2.45) is 18.7 Å². The lowest BCUT2D eigenvalue weighted by atomic mass is 10.1. The smallest absolute Gasteiger partial charge is 0.252 e. The molecule has 1 fully saturated rings. The Labute approximate surface area is 110 Å². The monoisotopic (exact) mass is 265 g/mol. The third-order valence-corrected chi connectivity index (χ3v) is 3.31. The first-order chi connectivity index (χ1) is 8.49. The molecule has 0 aromatic carbocycles. The van der Waals surface area contributed by atoms with Crippen molar-refractivity contribution in [3.05, 3.63) is 34.2 Å². The normalized spacial score (nSPS) is 16.1. The largest absolute Gasteiger partial charge is 0.392 e. The van der Waals surface area contributed by atoms with E-state index in [1.165, 1.54) is 10.6 Å². The number of nitrogens with one attached hydrogen (secondary N) is 1. The number of rotatable bonds is 4. The van der Waals surface area contributed by atoms with Gasteiger partial charge in [-0.25, -0.2) is 0 Å². The Bertz CT molecular complexity index is 548. The number of aryl methyl sites for hydroxylation is 1. The molecule has 18 heavy (non-hydrogen) atoms. The van der Waals surface area contributed by atoms with Crippen molar-refractivity contribution in [1.82, 2.24) is 9.88 Å². The third-order valence-electron chi connectivity index (χ3n) is 3.05. The molecule has 0 aliphatic heterocycles. The van der Waals surface area contributed by atoms with Crippen molar-refractivity contribution in [1.29, 1.82) is 0 Å². The van der Waals surface area contributed by atoms with Gasteiger partial charge in [0.15, 0.2) is 0 Å². The van der Waals surface area contributed by atoms with Gasteiger partial charge in [-0.05, 0) is 24.8 Å². The molecule has 1 aromatic heterocycles. The summed E-state index contributed by atoms with van der Waals surface area (Å²) >= 11 is 4.95. The number of carbonyl (C=O) groups is 1. The highest BCUT2D eigenvalue weighted by molar-refractivity contribution is 7.80. The molecule has 0 radical (unpaired) electrons. The Morgan fingerprint density at radius 1 is 1.61 bits per heavy atom. The maximum absolute atomic E-state index is 12.0. The van der Waals surface area contributed by atoms with Gasteiger partial charge in [0.2, 0.25) is 0 Å². The second-order valence-electron chi connectivity index (χ2n) is 4.56. The van der Waals surface area contributed by atoms with E-state index in [2.05, 4.69) is 5.32 Å². The van der Waals surface area contributed by atoms with E-state index in [0.717, 1.165) is 12.8 Å². The number of pyridine rings is 1. The lowest BCUT2D eigenvalue weighted by Crippen LogP contribution is -2.45. The van der Waals surface area contributed by atoms with Crippen LogP contribution in [0.3, 0.4) is 0 Å². The minimum atomic E-state index is -0.308. The minimum Gasteiger partial charge on any atom is -0.392 e. The zero-order valence-electron chi connectivity index (χ0n) is 10.1. The van der Waals surface area contributed by atoms with Crippen LogP contribution >= 0.6 is 12.2 Å². The van der Waals surface area contributed by atoms with E-state index in [4.69, 9.17) is 18.0 Å². The van der Waals surface area contributed by atoms with Gasteiger partial charge in [-0.2, -0.15) is 0 Å². The Morgan fingerprint density at radius 2 is 2.28 bits per heavy atom. The van der Waals surface area contributed by atoms with Crippen molar-refractivity contribution >= 4 is 23.1 Å². The summed E-state index contributed by atoms with van der Waals surface area (Å²) in [5.41, 5.74) is 5.72. The summed E-state index contributed by atoms with van der Waals surface area (Å²) < 4.78 is 1.41. The zero-order chi connectivity index (χ0) is 13.3. The number of hydrogen-bond acceptors (Lipinski definition) is 3. The van der Waals surface area contributed by atoms with Gasteiger partial charge in [-0.3, -0.25) is 9.59 Å². The maximum atomic E-state index is 12.0. The van der Waals surface area contributed by atoms with E-state index in [0.29, 0.717) is 16.5 Å². The van der Waals surface area contributed by atoms with E-state index in [1.54, 1.807) is 19.3 Å². The van der Waals surface area contributed by atoms with Gasteiger partial charge in [0.25, 0.3) is 11.5 Å². The molecule has 0 bridgehead atoms. The van der Waals surface area contributed by atoms with Crippen LogP contribution in [0.2, 0.25) is 0 Å². The highest BCUT2D eigenvalue weighted by Gasteiger charge is 2.34. The van der Waals surface area contributed by atoms with Gasteiger partial charge < -0.3 is 15.6 Å². The maximum Gasteiger partial charge on any atom is 0.252 e. The van der Waals surface area contributed by atoms with Gasteiger partial charge in [0.05, 0.1) is 11.0 Å². The number of nitrogens with zero attached hydrogens (tertiary/aromatic N) is 1.